The molecule has 0 radical (unpaired) electrons. The molecule has 0 aromatic heterocycles. The fourth-order valence-electron chi connectivity index (χ4n) is 3.31. The lowest BCUT2D eigenvalue weighted by atomic mass is 10.1. The number of aliphatic imine (C=N–C) groups is 1. The SMILES string of the molecule is Cc1cc(N=C2NC(=O)/C(=C/c3ccc(OCc4ccccc4C#N)cc3)S2)cc(C)c1Br. The number of nitrogens with zero attached hydrogens (tertiary/aromatic N) is 2. The Morgan fingerprint density at radius 1 is 1.12 bits per heavy atom. The van der Waals surface area contributed by atoms with Crippen molar-refractivity contribution in [2.75, 3.05) is 0 Å². The van der Waals surface area contributed by atoms with Gasteiger partial charge in [-0.1, -0.05) is 46.3 Å². The standard InChI is InChI=1S/C26H20BrN3O2S/c1-16-11-21(12-17(2)24(16)27)29-26-30-25(31)23(33-26)13-18-7-9-22(10-8-18)32-15-20-6-4-3-5-19(20)14-28/h3-13H,15H2,1-2H3,(H,29,30,31)/b23-13-. The van der Waals surface area contributed by atoms with Crippen molar-refractivity contribution in [1.29, 1.82) is 5.26 Å². The van der Waals surface area contributed by atoms with Gasteiger partial charge in [0.25, 0.3) is 5.91 Å². The molecule has 1 aliphatic rings. The van der Waals surface area contributed by atoms with Crippen LogP contribution in [0, 0.1) is 25.2 Å². The van der Waals surface area contributed by atoms with E-state index < -0.39 is 0 Å². The van der Waals surface area contributed by atoms with Gasteiger partial charge < -0.3 is 10.1 Å². The van der Waals surface area contributed by atoms with Crippen LogP contribution in [0.3, 0.4) is 0 Å². The third-order valence-electron chi connectivity index (χ3n) is 5.01. The molecule has 1 heterocycles. The zero-order valence-electron chi connectivity index (χ0n) is 18.1. The van der Waals surface area contributed by atoms with Gasteiger partial charge in [0.05, 0.1) is 22.2 Å². The van der Waals surface area contributed by atoms with E-state index in [4.69, 9.17) is 4.74 Å². The zero-order valence-corrected chi connectivity index (χ0v) is 20.5. The summed E-state index contributed by atoms with van der Waals surface area (Å²) in [6.07, 6.45) is 1.83. The fraction of sp³-hybridized carbons (Fsp3) is 0.115. The van der Waals surface area contributed by atoms with Crippen molar-refractivity contribution >= 4 is 50.5 Å². The molecule has 0 bridgehead atoms. The van der Waals surface area contributed by atoms with Crippen molar-refractivity contribution in [2.24, 2.45) is 4.99 Å². The van der Waals surface area contributed by atoms with Crippen LogP contribution in [0.5, 0.6) is 5.75 Å². The maximum atomic E-state index is 12.4. The summed E-state index contributed by atoms with van der Waals surface area (Å²) in [5, 5.41) is 12.6. The first-order valence-electron chi connectivity index (χ1n) is 10.2. The smallest absolute Gasteiger partial charge is 0.264 e. The molecule has 1 N–H and O–H groups in total. The molecule has 1 fully saturated rings. The quantitative estimate of drug-likeness (QED) is 0.396. The molecule has 0 spiro atoms. The lowest BCUT2D eigenvalue weighted by molar-refractivity contribution is -0.115. The van der Waals surface area contributed by atoms with Crippen molar-refractivity contribution in [3.8, 4) is 11.8 Å². The first-order chi connectivity index (χ1) is 15.9. The van der Waals surface area contributed by atoms with Crippen LogP contribution in [0.15, 0.2) is 75.0 Å². The number of hydrogen-bond acceptors (Lipinski definition) is 5. The molecule has 3 aromatic rings. The highest BCUT2D eigenvalue weighted by Gasteiger charge is 2.24. The van der Waals surface area contributed by atoms with Crippen LogP contribution in [-0.2, 0) is 11.4 Å². The van der Waals surface area contributed by atoms with E-state index in [0.29, 0.717) is 28.0 Å². The summed E-state index contributed by atoms with van der Waals surface area (Å²) < 4.78 is 6.88. The molecule has 3 aromatic carbocycles. The molecule has 4 rings (SSSR count). The van der Waals surface area contributed by atoms with Gasteiger partial charge in [-0.25, -0.2) is 4.99 Å². The lowest BCUT2D eigenvalue weighted by Gasteiger charge is -2.07. The molecule has 7 heteroatoms. The predicted molar refractivity (Wildman–Crippen MR) is 136 cm³/mol. The zero-order chi connectivity index (χ0) is 23.4. The molecule has 0 unspecified atom stereocenters. The highest BCUT2D eigenvalue weighted by Crippen LogP contribution is 2.31. The number of nitrogens with one attached hydrogen (secondary N) is 1. The monoisotopic (exact) mass is 517 g/mol. The van der Waals surface area contributed by atoms with Crippen molar-refractivity contribution in [1.82, 2.24) is 5.32 Å². The van der Waals surface area contributed by atoms with Gasteiger partial charge in [0.1, 0.15) is 12.4 Å². The number of ether oxygens (including phenoxy) is 1. The third kappa shape index (κ3) is 5.54. The van der Waals surface area contributed by atoms with Gasteiger partial charge in [0.2, 0.25) is 0 Å². The van der Waals surface area contributed by atoms with Crippen LogP contribution in [0.25, 0.3) is 6.08 Å². The maximum absolute atomic E-state index is 12.4. The Kier molecular flexibility index (Phi) is 6.97. The minimum Gasteiger partial charge on any atom is -0.489 e. The molecule has 1 aliphatic heterocycles. The summed E-state index contributed by atoms with van der Waals surface area (Å²) >= 11 is 4.88. The number of rotatable bonds is 5. The van der Waals surface area contributed by atoms with Gasteiger partial charge in [-0.05, 0) is 78.7 Å². The Morgan fingerprint density at radius 3 is 2.52 bits per heavy atom. The maximum Gasteiger partial charge on any atom is 0.264 e. The molecule has 1 saturated heterocycles. The van der Waals surface area contributed by atoms with Gasteiger partial charge in [-0.2, -0.15) is 5.26 Å². The Bertz CT molecular complexity index is 1300. The Balaban J connectivity index is 1.44. The second-order valence-corrected chi connectivity index (χ2v) is 9.33. The molecule has 1 amide bonds. The van der Waals surface area contributed by atoms with Gasteiger partial charge in [-0.3, -0.25) is 4.79 Å². The van der Waals surface area contributed by atoms with E-state index in [9.17, 15) is 10.1 Å². The number of nitriles is 1. The Labute approximate surface area is 205 Å². The summed E-state index contributed by atoms with van der Waals surface area (Å²) in [4.78, 5) is 17.6. The lowest BCUT2D eigenvalue weighted by Crippen LogP contribution is -2.19. The van der Waals surface area contributed by atoms with Crippen LogP contribution in [0.4, 0.5) is 5.69 Å². The number of thioether (sulfide) groups is 1. The highest BCUT2D eigenvalue weighted by atomic mass is 79.9. The predicted octanol–water partition coefficient (Wildman–Crippen LogP) is 6.41. The summed E-state index contributed by atoms with van der Waals surface area (Å²) in [6, 6.07) is 21.0. The van der Waals surface area contributed by atoms with E-state index in [1.807, 2.05) is 74.5 Å². The highest BCUT2D eigenvalue weighted by molar-refractivity contribution is 9.10. The van der Waals surface area contributed by atoms with E-state index in [1.165, 1.54) is 11.8 Å². The van der Waals surface area contributed by atoms with E-state index in [-0.39, 0.29) is 5.91 Å². The van der Waals surface area contributed by atoms with Crippen LogP contribution in [0.2, 0.25) is 0 Å². The minimum atomic E-state index is -0.169. The normalized spacial score (nSPS) is 15.5. The van der Waals surface area contributed by atoms with E-state index in [2.05, 4.69) is 32.3 Å². The molecule has 5 nitrogen and oxygen atoms in total. The fourth-order valence-corrected chi connectivity index (χ4v) is 4.38. The third-order valence-corrected chi connectivity index (χ3v) is 7.17. The van der Waals surface area contributed by atoms with Crippen LogP contribution in [-0.4, -0.2) is 11.1 Å². The van der Waals surface area contributed by atoms with Gasteiger partial charge in [-0.15, -0.1) is 0 Å². The van der Waals surface area contributed by atoms with E-state index >= 15 is 0 Å². The van der Waals surface area contributed by atoms with Crippen LogP contribution >= 0.6 is 27.7 Å². The van der Waals surface area contributed by atoms with Crippen LogP contribution in [0.1, 0.15) is 27.8 Å². The summed E-state index contributed by atoms with van der Waals surface area (Å²) in [6.45, 7) is 4.35. The molecule has 164 valence electrons. The number of hydrogen-bond donors (Lipinski definition) is 1. The van der Waals surface area contributed by atoms with Crippen LogP contribution < -0.4 is 10.1 Å². The van der Waals surface area contributed by atoms with Crippen molar-refractivity contribution in [2.45, 2.75) is 20.5 Å². The largest absolute Gasteiger partial charge is 0.489 e. The number of amides is 1. The number of aryl methyl sites for hydroxylation is 2. The minimum absolute atomic E-state index is 0.169. The molecular weight excluding hydrogens is 498 g/mol. The molecule has 0 atom stereocenters. The van der Waals surface area contributed by atoms with Gasteiger partial charge in [0.15, 0.2) is 5.17 Å². The number of halogens is 1. The summed E-state index contributed by atoms with van der Waals surface area (Å²) in [7, 11) is 0. The van der Waals surface area contributed by atoms with E-state index in [0.717, 1.165) is 32.4 Å². The molecule has 0 saturated carbocycles. The number of carbonyl (C=O) groups excluding carboxylic acids is 1. The number of carbonyl (C=O) groups is 1. The second kappa shape index (κ2) is 10.1. The number of benzene rings is 3. The molecule has 0 aliphatic carbocycles. The van der Waals surface area contributed by atoms with Crippen molar-refractivity contribution < 1.29 is 9.53 Å². The topological polar surface area (TPSA) is 74.5 Å². The average Bonchev–Trinajstić information content (AvgIpc) is 3.15. The van der Waals surface area contributed by atoms with Gasteiger partial charge >= 0.3 is 0 Å². The average molecular weight is 518 g/mol. The molecular formula is C26H20BrN3O2S. The first-order valence-corrected chi connectivity index (χ1v) is 11.8. The second-order valence-electron chi connectivity index (χ2n) is 7.50. The van der Waals surface area contributed by atoms with Crippen molar-refractivity contribution in [3.63, 3.8) is 0 Å². The summed E-state index contributed by atoms with van der Waals surface area (Å²) in [5.41, 5.74) is 5.32. The van der Waals surface area contributed by atoms with Crippen molar-refractivity contribution in [3.05, 3.63) is 97.9 Å². The van der Waals surface area contributed by atoms with Gasteiger partial charge in [0, 0.05) is 10.0 Å². The first kappa shape index (κ1) is 22.8. The Hall–Kier alpha value is -3.34. The summed E-state index contributed by atoms with van der Waals surface area (Å²) in [5.74, 6) is 0.523. The molecule has 33 heavy (non-hydrogen) atoms. The number of amidine groups is 1. The Morgan fingerprint density at radius 2 is 1.82 bits per heavy atom. The van der Waals surface area contributed by atoms with E-state index in [1.54, 1.807) is 6.07 Å².